The second-order valence-electron chi connectivity index (χ2n) is 5.25. The smallest absolute Gasteiger partial charge is 0.257 e. The van der Waals surface area contributed by atoms with E-state index in [9.17, 15) is 4.79 Å². The predicted octanol–water partition coefficient (Wildman–Crippen LogP) is 3.17. The van der Waals surface area contributed by atoms with Crippen LogP contribution in [-0.2, 0) is 0 Å². The Bertz CT molecular complexity index is 669. The Kier molecular flexibility index (Phi) is 5.41. The van der Waals surface area contributed by atoms with Gasteiger partial charge in [-0.3, -0.25) is 4.79 Å². The highest BCUT2D eigenvalue weighted by atomic mass is 16.5. The quantitative estimate of drug-likeness (QED) is 0.856. The van der Waals surface area contributed by atoms with E-state index in [-0.39, 0.29) is 11.9 Å². The molecule has 2 rings (SSSR count). The minimum Gasteiger partial charge on any atom is -0.497 e. The van der Waals surface area contributed by atoms with Crippen LogP contribution in [0, 0.1) is 0 Å². The molecule has 1 aromatic heterocycles. The molecule has 0 spiro atoms. The van der Waals surface area contributed by atoms with Crippen LogP contribution in [0.3, 0.4) is 0 Å². The molecule has 0 aliphatic carbocycles. The van der Waals surface area contributed by atoms with Crippen LogP contribution in [0.25, 0.3) is 0 Å². The van der Waals surface area contributed by atoms with Gasteiger partial charge in [0.1, 0.15) is 17.3 Å². The molecule has 2 aromatic rings. The standard InChI is InChI=1S/C17H21N3O3/c1-11(2)19-16-8-5-12(10-18-16)17(21)20-14-9-13(22-3)6-7-15(14)23-4/h5-11H,1-4H3,(H,18,19)(H,20,21). The molecule has 6 heteroatoms. The fourth-order valence-electron chi connectivity index (χ4n) is 2.02. The molecule has 0 bridgehead atoms. The summed E-state index contributed by atoms with van der Waals surface area (Å²) < 4.78 is 10.4. The molecule has 2 N–H and O–H groups in total. The number of pyridine rings is 1. The molecule has 0 saturated heterocycles. The molecule has 1 aromatic carbocycles. The first-order valence-corrected chi connectivity index (χ1v) is 7.29. The lowest BCUT2D eigenvalue weighted by Crippen LogP contribution is -2.14. The molecule has 0 aliphatic rings. The van der Waals surface area contributed by atoms with Crippen molar-refractivity contribution >= 4 is 17.4 Å². The summed E-state index contributed by atoms with van der Waals surface area (Å²) in [5.41, 5.74) is 1.01. The van der Waals surface area contributed by atoms with Gasteiger partial charge in [-0.2, -0.15) is 0 Å². The lowest BCUT2D eigenvalue weighted by molar-refractivity contribution is 0.102. The molecule has 1 amide bonds. The van der Waals surface area contributed by atoms with Crippen LogP contribution in [0.1, 0.15) is 24.2 Å². The van der Waals surface area contributed by atoms with Gasteiger partial charge < -0.3 is 20.1 Å². The van der Waals surface area contributed by atoms with Crippen LogP contribution >= 0.6 is 0 Å². The highest BCUT2D eigenvalue weighted by Gasteiger charge is 2.11. The average molecular weight is 315 g/mol. The van der Waals surface area contributed by atoms with Gasteiger partial charge in [-0.05, 0) is 38.1 Å². The Labute approximate surface area is 135 Å². The van der Waals surface area contributed by atoms with Gasteiger partial charge >= 0.3 is 0 Å². The Balaban J connectivity index is 2.15. The van der Waals surface area contributed by atoms with Crippen molar-refractivity contribution in [2.45, 2.75) is 19.9 Å². The van der Waals surface area contributed by atoms with Crippen LogP contribution in [0.2, 0.25) is 0 Å². The molecular weight excluding hydrogens is 294 g/mol. The number of carbonyl (C=O) groups is 1. The maximum absolute atomic E-state index is 12.3. The number of hydrogen-bond donors (Lipinski definition) is 2. The molecule has 1 heterocycles. The van der Waals surface area contributed by atoms with Gasteiger partial charge in [0.25, 0.3) is 5.91 Å². The third-order valence-electron chi connectivity index (χ3n) is 3.12. The Morgan fingerprint density at radius 2 is 1.91 bits per heavy atom. The highest BCUT2D eigenvalue weighted by Crippen LogP contribution is 2.29. The summed E-state index contributed by atoms with van der Waals surface area (Å²) >= 11 is 0. The predicted molar refractivity (Wildman–Crippen MR) is 90.5 cm³/mol. The minimum absolute atomic E-state index is 0.264. The molecule has 6 nitrogen and oxygen atoms in total. The van der Waals surface area contributed by atoms with Gasteiger partial charge in [-0.1, -0.05) is 0 Å². The second kappa shape index (κ2) is 7.49. The van der Waals surface area contributed by atoms with Crippen LogP contribution in [-0.4, -0.2) is 31.2 Å². The van der Waals surface area contributed by atoms with E-state index in [4.69, 9.17) is 9.47 Å². The van der Waals surface area contributed by atoms with Crippen LogP contribution in [0.15, 0.2) is 36.5 Å². The number of rotatable bonds is 6. The van der Waals surface area contributed by atoms with Gasteiger partial charge in [0.05, 0.1) is 25.5 Å². The second-order valence-corrected chi connectivity index (χ2v) is 5.25. The summed E-state index contributed by atoms with van der Waals surface area (Å²) in [7, 11) is 3.11. The van der Waals surface area contributed by atoms with E-state index in [1.54, 1.807) is 44.6 Å². The molecular formula is C17H21N3O3. The zero-order valence-corrected chi connectivity index (χ0v) is 13.7. The number of methoxy groups -OCH3 is 2. The van der Waals surface area contributed by atoms with E-state index < -0.39 is 0 Å². The highest BCUT2D eigenvalue weighted by molar-refractivity contribution is 6.05. The van der Waals surface area contributed by atoms with Crippen molar-refractivity contribution in [2.75, 3.05) is 24.9 Å². The van der Waals surface area contributed by atoms with Gasteiger partial charge in [0.2, 0.25) is 0 Å². The minimum atomic E-state index is -0.264. The number of aromatic nitrogens is 1. The largest absolute Gasteiger partial charge is 0.497 e. The van der Waals surface area contributed by atoms with Crippen molar-refractivity contribution in [1.29, 1.82) is 0 Å². The Hall–Kier alpha value is -2.76. The van der Waals surface area contributed by atoms with Crippen molar-refractivity contribution in [3.05, 3.63) is 42.1 Å². The molecule has 0 aliphatic heterocycles. The Morgan fingerprint density at radius 1 is 1.13 bits per heavy atom. The SMILES string of the molecule is COc1ccc(OC)c(NC(=O)c2ccc(NC(C)C)nc2)c1. The monoisotopic (exact) mass is 315 g/mol. The van der Waals surface area contributed by atoms with E-state index in [0.29, 0.717) is 22.7 Å². The zero-order valence-electron chi connectivity index (χ0n) is 13.7. The summed E-state index contributed by atoms with van der Waals surface area (Å²) in [4.78, 5) is 16.6. The van der Waals surface area contributed by atoms with Crippen LogP contribution in [0.5, 0.6) is 11.5 Å². The molecule has 122 valence electrons. The summed E-state index contributed by atoms with van der Waals surface area (Å²) in [6, 6.07) is 8.99. The van der Waals surface area contributed by atoms with Crippen molar-refractivity contribution in [3.8, 4) is 11.5 Å². The van der Waals surface area contributed by atoms with Crippen molar-refractivity contribution < 1.29 is 14.3 Å². The number of nitrogens with zero attached hydrogens (tertiary/aromatic N) is 1. The van der Waals surface area contributed by atoms with Gasteiger partial charge in [0, 0.05) is 18.3 Å². The number of hydrogen-bond acceptors (Lipinski definition) is 5. The van der Waals surface area contributed by atoms with E-state index >= 15 is 0 Å². The summed E-state index contributed by atoms with van der Waals surface area (Å²) in [5.74, 6) is 1.66. The molecule has 0 saturated carbocycles. The van der Waals surface area contributed by atoms with Gasteiger partial charge in [-0.25, -0.2) is 4.98 Å². The van der Waals surface area contributed by atoms with E-state index in [2.05, 4.69) is 15.6 Å². The van der Waals surface area contributed by atoms with Crippen molar-refractivity contribution in [2.24, 2.45) is 0 Å². The topological polar surface area (TPSA) is 72.5 Å². The third-order valence-corrected chi connectivity index (χ3v) is 3.12. The van der Waals surface area contributed by atoms with E-state index in [0.717, 1.165) is 5.82 Å². The molecule has 0 unspecified atom stereocenters. The van der Waals surface area contributed by atoms with E-state index in [1.165, 1.54) is 6.20 Å². The number of amides is 1. The van der Waals surface area contributed by atoms with Gasteiger partial charge in [0.15, 0.2) is 0 Å². The van der Waals surface area contributed by atoms with E-state index in [1.807, 2.05) is 13.8 Å². The van der Waals surface area contributed by atoms with Crippen molar-refractivity contribution in [1.82, 2.24) is 4.98 Å². The lowest BCUT2D eigenvalue weighted by Gasteiger charge is -2.12. The number of benzene rings is 1. The first-order chi connectivity index (χ1) is 11.0. The zero-order chi connectivity index (χ0) is 16.8. The molecule has 23 heavy (non-hydrogen) atoms. The van der Waals surface area contributed by atoms with Gasteiger partial charge in [-0.15, -0.1) is 0 Å². The molecule has 0 radical (unpaired) electrons. The number of ether oxygens (including phenoxy) is 2. The van der Waals surface area contributed by atoms with Crippen molar-refractivity contribution in [3.63, 3.8) is 0 Å². The first-order valence-electron chi connectivity index (χ1n) is 7.29. The number of anilines is 2. The normalized spacial score (nSPS) is 10.3. The first kappa shape index (κ1) is 16.6. The molecule has 0 atom stereocenters. The summed E-state index contributed by atoms with van der Waals surface area (Å²) in [6.07, 6.45) is 1.53. The number of carbonyl (C=O) groups excluding carboxylic acids is 1. The fourth-order valence-corrected chi connectivity index (χ4v) is 2.02. The maximum Gasteiger partial charge on any atom is 0.257 e. The fraction of sp³-hybridized carbons (Fsp3) is 0.294. The third kappa shape index (κ3) is 4.35. The molecule has 0 fully saturated rings. The maximum atomic E-state index is 12.3. The van der Waals surface area contributed by atoms with Crippen LogP contribution < -0.4 is 20.1 Å². The average Bonchev–Trinajstić information content (AvgIpc) is 2.54. The summed E-state index contributed by atoms with van der Waals surface area (Å²) in [5, 5.41) is 5.98. The number of nitrogens with one attached hydrogen (secondary N) is 2. The summed E-state index contributed by atoms with van der Waals surface area (Å²) in [6.45, 7) is 4.05. The van der Waals surface area contributed by atoms with Crippen LogP contribution in [0.4, 0.5) is 11.5 Å². The Morgan fingerprint density at radius 3 is 2.48 bits per heavy atom. The lowest BCUT2D eigenvalue weighted by atomic mass is 10.2.